The quantitative estimate of drug-likeness (QED) is 0.831. The minimum absolute atomic E-state index is 0.845. The van der Waals surface area contributed by atoms with E-state index in [1.165, 1.54) is 25.9 Å². The van der Waals surface area contributed by atoms with E-state index in [2.05, 4.69) is 25.0 Å². The lowest BCUT2D eigenvalue weighted by atomic mass is 9.97. The van der Waals surface area contributed by atoms with Crippen molar-refractivity contribution in [1.82, 2.24) is 25.0 Å². The van der Waals surface area contributed by atoms with Crippen molar-refractivity contribution in [2.75, 3.05) is 26.7 Å². The van der Waals surface area contributed by atoms with E-state index in [9.17, 15) is 0 Å². The molecule has 0 bridgehead atoms. The lowest BCUT2D eigenvalue weighted by molar-refractivity contribution is 0.172. The molecule has 0 aliphatic carbocycles. The van der Waals surface area contributed by atoms with E-state index < -0.39 is 0 Å². The molecule has 0 radical (unpaired) electrons. The molecule has 0 amide bonds. The molecule has 1 N–H and O–H groups in total. The van der Waals surface area contributed by atoms with Gasteiger partial charge < -0.3 is 9.88 Å². The Morgan fingerprint density at radius 3 is 2.53 bits per heavy atom. The molecule has 1 saturated heterocycles. The van der Waals surface area contributed by atoms with Gasteiger partial charge in [-0.2, -0.15) is 0 Å². The molecule has 2 rings (SSSR count). The Hall–Kier alpha value is -0.940. The van der Waals surface area contributed by atoms with Gasteiger partial charge in [0.25, 0.3) is 0 Å². The van der Waals surface area contributed by atoms with Crippen molar-refractivity contribution < 1.29 is 0 Å². The number of piperidine rings is 1. The van der Waals surface area contributed by atoms with Gasteiger partial charge in [0.1, 0.15) is 11.6 Å². The Bertz CT molecular complexity index is 352. The zero-order valence-electron chi connectivity index (χ0n) is 11.1. The third-order valence-electron chi connectivity index (χ3n) is 3.75. The predicted octanol–water partition coefficient (Wildman–Crippen LogP) is 0.555. The first-order valence-corrected chi connectivity index (χ1v) is 6.42. The minimum Gasteiger partial charge on any atom is -0.319 e. The molecule has 0 spiro atoms. The van der Waals surface area contributed by atoms with Crippen LogP contribution in [0.3, 0.4) is 0 Å². The molecule has 96 valence electrons. The molecule has 2 heterocycles. The summed E-state index contributed by atoms with van der Waals surface area (Å²) in [4.78, 5) is 2.48. The summed E-state index contributed by atoms with van der Waals surface area (Å²) in [6.07, 6.45) is 2.58. The molecule has 1 aliphatic heterocycles. The molecule has 1 aliphatic rings. The SMILES string of the molecule is CNCC1CCN(Cc2nnc(C)n2C)CC1. The van der Waals surface area contributed by atoms with E-state index in [-0.39, 0.29) is 0 Å². The number of hydrogen-bond acceptors (Lipinski definition) is 4. The second kappa shape index (κ2) is 5.60. The molecule has 1 fully saturated rings. The first-order chi connectivity index (χ1) is 8.20. The summed E-state index contributed by atoms with van der Waals surface area (Å²) in [5.74, 6) is 2.91. The van der Waals surface area contributed by atoms with E-state index in [1.807, 2.05) is 21.0 Å². The van der Waals surface area contributed by atoms with Crippen LogP contribution in [0.15, 0.2) is 0 Å². The summed E-state index contributed by atoms with van der Waals surface area (Å²) in [6, 6.07) is 0. The van der Waals surface area contributed by atoms with Gasteiger partial charge in [0.2, 0.25) is 0 Å². The highest BCUT2D eigenvalue weighted by Gasteiger charge is 2.20. The Morgan fingerprint density at radius 1 is 1.29 bits per heavy atom. The van der Waals surface area contributed by atoms with E-state index in [0.717, 1.165) is 30.7 Å². The molecule has 5 heteroatoms. The lowest BCUT2D eigenvalue weighted by Gasteiger charge is -2.31. The molecule has 1 aromatic rings. The van der Waals surface area contributed by atoms with Crippen LogP contribution in [0.5, 0.6) is 0 Å². The first-order valence-electron chi connectivity index (χ1n) is 6.42. The monoisotopic (exact) mass is 237 g/mol. The third kappa shape index (κ3) is 3.04. The predicted molar refractivity (Wildman–Crippen MR) is 67.7 cm³/mol. The third-order valence-corrected chi connectivity index (χ3v) is 3.75. The van der Waals surface area contributed by atoms with Crippen LogP contribution in [-0.2, 0) is 13.6 Å². The number of rotatable bonds is 4. The Kier molecular flexibility index (Phi) is 4.12. The van der Waals surface area contributed by atoms with E-state index in [0.29, 0.717) is 0 Å². The summed E-state index contributed by atoms with van der Waals surface area (Å²) in [5.41, 5.74) is 0. The second-order valence-electron chi connectivity index (χ2n) is 5.00. The number of aromatic nitrogens is 3. The fourth-order valence-electron chi connectivity index (χ4n) is 2.43. The average Bonchev–Trinajstić information content (AvgIpc) is 2.64. The molecular formula is C12H23N5. The van der Waals surface area contributed by atoms with Crippen molar-refractivity contribution in [1.29, 1.82) is 0 Å². The van der Waals surface area contributed by atoms with Gasteiger partial charge in [-0.3, -0.25) is 4.90 Å². The summed E-state index contributed by atoms with van der Waals surface area (Å²) >= 11 is 0. The van der Waals surface area contributed by atoms with Gasteiger partial charge in [-0.15, -0.1) is 10.2 Å². The van der Waals surface area contributed by atoms with Gasteiger partial charge >= 0.3 is 0 Å². The maximum Gasteiger partial charge on any atom is 0.146 e. The average molecular weight is 237 g/mol. The smallest absolute Gasteiger partial charge is 0.146 e. The summed E-state index contributed by atoms with van der Waals surface area (Å²) in [5, 5.41) is 11.6. The van der Waals surface area contributed by atoms with Crippen LogP contribution in [-0.4, -0.2) is 46.3 Å². The number of aryl methyl sites for hydroxylation is 1. The second-order valence-corrected chi connectivity index (χ2v) is 5.00. The number of nitrogens with one attached hydrogen (secondary N) is 1. The molecule has 0 aromatic carbocycles. The van der Waals surface area contributed by atoms with Crippen LogP contribution in [0.4, 0.5) is 0 Å². The van der Waals surface area contributed by atoms with Crippen LogP contribution >= 0.6 is 0 Å². The fraction of sp³-hybridized carbons (Fsp3) is 0.833. The maximum atomic E-state index is 4.22. The van der Waals surface area contributed by atoms with Crippen LogP contribution in [0, 0.1) is 12.8 Å². The number of nitrogens with zero attached hydrogens (tertiary/aromatic N) is 4. The van der Waals surface area contributed by atoms with E-state index >= 15 is 0 Å². The van der Waals surface area contributed by atoms with Crippen LogP contribution in [0.25, 0.3) is 0 Å². The summed E-state index contributed by atoms with van der Waals surface area (Å²) < 4.78 is 2.08. The molecule has 5 nitrogen and oxygen atoms in total. The van der Waals surface area contributed by atoms with Crippen molar-refractivity contribution in [3.8, 4) is 0 Å². The fourth-order valence-corrected chi connectivity index (χ4v) is 2.43. The standard InChI is InChI=1S/C12H23N5/c1-10-14-15-12(16(10)3)9-17-6-4-11(5-7-17)8-13-2/h11,13H,4-9H2,1-3H3. The van der Waals surface area contributed by atoms with Crippen molar-refractivity contribution >= 4 is 0 Å². The van der Waals surface area contributed by atoms with E-state index in [4.69, 9.17) is 0 Å². The molecule has 0 atom stereocenters. The highest BCUT2D eigenvalue weighted by atomic mass is 15.3. The lowest BCUT2D eigenvalue weighted by Crippen LogP contribution is -2.36. The van der Waals surface area contributed by atoms with Crippen LogP contribution in [0.2, 0.25) is 0 Å². The topological polar surface area (TPSA) is 46.0 Å². The minimum atomic E-state index is 0.845. The molecule has 1 aromatic heterocycles. The first kappa shape index (κ1) is 12.5. The Labute approximate surface area is 103 Å². The highest BCUT2D eigenvalue weighted by molar-refractivity contribution is 4.93. The van der Waals surface area contributed by atoms with Gasteiger partial charge in [0.05, 0.1) is 6.54 Å². The van der Waals surface area contributed by atoms with Gasteiger partial charge in [-0.1, -0.05) is 0 Å². The summed E-state index contributed by atoms with van der Waals surface area (Å²) in [6.45, 7) is 6.44. The highest BCUT2D eigenvalue weighted by Crippen LogP contribution is 2.17. The van der Waals surface area contributed by atoms with Crippen molar-refractivity contribution in [3.05, 3.63) is 11.6 Å². The van der Waals surface area contributed by atoms with Gasteiger partial charge in [0, 0.05) is 7.05 Å². The zero-order chi connectivity index (χ0) is 12.3. The molecule has 0 saturated carbocycles. The van der Waals surface area contributed by atoms with Crippen molar-refractivity contribution in [2.24, 2.45) is 13.0 Å². The van der Waals surface area contributed by atoms with Crippen LogP contribution in [0.1, 0.15) is 24.5 Å². The van der Waals surface area contributed by atoms with Crippen molar-refractivity contribution in [2.45, 2.75) is 26.3 Å². The van der Waals surface area contributed by atoms with Crippen molar-refractivity contribution in [3.63, 3.8) is 0 Å². The molecular weight excluding hydrogens is 214 g/mol. The largest absolute Gasteiger partial charge is 0.319 e. The molecule has 17 heavy (non-hydrogen) atoms. The number of hydrogen-bond donors (Lipinski definition) is 1. The summed E-state index contributed by atoms with van der Waals surface area (Å²) in [7, 11) is 4.08. The van der Waals surface area contributed by atoms with Crippen LogP contribution < -0.4 is 5.32 Å². The van der Waals surface area contributed by atoms with Gasteiger partial charge in [0.15, 0.2) is 0 Å². The number of likely N-dealkylation sites (tertiary alicyclic amines) is 1. The molecule has 0 unspecified atom stereocenters. The van der Waals surface area contributed by atoms with Gasteiger partial charge in [-0.05, 0) is 52.4 Å². The zero-order valence-corrected chi connectivity index (χ0v) is 11.1. The normalized spacial score (nSPS) is 18.8. The van der Waals surface area contributed by atoms with E-state index in [1.54, 1.807) is 0 Å². The van der Waals surface area contributed by atoms with Gasteiger partial charge in [-0.25, -0.2) is 0 Å². The Balaban J connectivity index is 1.84. The maximum absolute atomic E-state index is 4.22. The Morgan fingerprint density at radius 2 is 2.00 bits per heavy atom.